The number of fused-ring (bicyclic) bond motifs is 1. The number of nitrogens with one attached hydrogen (secondary N) is 1. The van der Waals surface area contributed by atoms with Crippen molar-refractivity contribution in [2.24, 2.45) is 10.9 Å². The van der Waals surface area contributed by atoms with Crippen molar-refractivity contribution in [3.8, 4) is 0 Å². The van der Waals surface area contributed by atoms with Gasteiger partial charge in [-0.25, -0.2) is 8.42 Å². The molecule has 0 amide bonds. The van der Waals surface area contributed by atoms with Gasteiger partial charge in [-0.1, -0.05) is 31.9 Å². The number of halogens is 1. The van der Waals surface area contributed by atoms with Gasteiger partial charge in [0, 0.05) is 11.4 Å². The van der Waals surface area contributed by atoms with Crippen molar-refractivity contribution >= 4 is 27.5 Å². The highest BCUT2D eigenvalue weighted by atomic mass is 35.5. The Hall–Kier alpha value is -1.07. The Morgan fingerprint density at radius 3 is 2.90 bits per heavy atom. The number of rotatable bonds is 2. The molecule has 1 aliphatic carbocycles. The van der Waals surface area contributed by atoms with Crippen LogP contribution in [0, 0.1) is 5.92 Å². The van der Waals surface area contributed by atoms with Gasteiger partial charge in [-0.15, -0.1) is 11.6 Å². The molecule has 2 unspecified atom stereocenters. The number of amidine groups is 1. The molecule has 0 radical (unpaired) electrons. The molecule has 1 aromatic rings. The number of hydrogen-bond donors (Lipinski definition) is 1. The lowest BCUT2D eigenvalue weighted by molar-refractivity contribution is 0.261. The van der Waals surface area contributed by atoms with Gasteiger partial charge in [0.2, 0.25) is 0 Å². The summed E-state index contributed by atoms with van der Waals surface area (Å²) in [6, 6.07) is 6.95. The van der Waals surface area contributed by atoms with Crippen LogP contribution in [0.15, 0.2) is 34.2 Å². The van der Waals surface area contributed by atoms with Crippen molar-refractivity contribution in [3.63, 3.8) is 0 Å². The van der Waals surface area contributed by atoms with Crippen molar-refractivity contribution in [2.45, 2.75) is 43.0 Å². The van der Waals surface area contributed by atoms with E-state index in [0.717, 1.165) is 19.3 Å². The normalized spacial score (nSPS) is 32.7. The van der Waals surface area contributed by atoms with Gasteiger partial charge >= 0.3 is 0 Å². The molecule has 114 valence electrons. The highest BCUT2D eigenvalue weighted by Gasteiger charge is 2.37. The van der Waals surface area contributed by atoms with Crippen molar-refractivity contribution in [1.29, 1.82) is 0 Å². The summed E-state index contributed by atoms with van der Waals surface area (Å²) in [4.78, 5) is 5.07. The average molecular weight is 327 g/mol. The molecule has 2 aliphatic rings. The van der Waals surface area contributed by atoms with E-state index in [1.54, 1.807) is 18.2 Å². The van der Waals surface area contributed by atoms with E-state index in [-0.39, 0.29) is 5.54 Å². The molecule has 1 N–H and O–H groups in total. The van der Waals surface area contributed by atoms with Crippen LogP contribution in [0.5, 0.6) is 0 Å². The van der Waals surface area contributed by atoms with Crippen LogP contribution in [0.2, 0.25) is 0 Å². The van der Waals surface area contributed by atoms with Crippen LogP contribution in [0.3, 0.4) is 0 Å². The highest BCUT2D eigenvalue weighted by Crippen LogP contribution is 2.37. The van der Waals surface area contributed by atoms with E-state index in [0.29, 0.717) is 28.1 Å². The second-order valence-electron chi connectivity index (χ2n) is 6.12. The fourth-order valence-electron chi connectivity index (χ4n) is 3.34. The van der Waals surface area contributed by atoms with Crippen molar-refractivity contribution in [1.82, 2.24) is 4.72 Å². The van der Waals surface area contributed by atoms with Crippen LogP contribution >= 0.6 is 11.6 Å². The molecule has 0 bridgehead atoms. The second-order valence-corrected chi connectivity index (χ2v) is 8.04. The molecule has 21 heavy (non-hydrogen) atoms. The van der Waals surface area contributed by atoms with E-state index in [2.05, 4.69) is 11.6 Å². The van der Waals surface area contributed by atoms with Gasteiger partial charge < -0.3 is 0 Å². The zero-order chi connectivity index (χ0) is 15.1. The minimum atomic E-state index is -3.48. The smallest absolute Gasteiger partial charge is 0.263 e. The lowest BCUT2D eigenvalue weighted by atomic mass is 9.78. The Bertz CT molecular complexity index is 687. The molecular formula is C15H19ClN2O2S. The molecule has 1 saturated carbocycles. The monoisotopic (exact) mass is 326 g/mol. The highest BCUT2D eigenvalue weighted by molar-refractivity contribution is 7.90. The van der Waals surface area contributed by atoms with E-state index in [9.17, 15) is 8.42 Å². The first-order valence-corrected chi connectivity index (χ1v) is 9.26. The van der Waals surface area contributed by atoms with Gasteiger partial charge in [-0.05, 0) is 30.9 Å². The predicted molar refractivity (Wildman–Crippen MR) is 84.4 cm³/mol. The summed E-state index contributed by atoms with van der Waals surface area (Å²) in [5.74, 6) is 1.43. The standard InChI is InChI=1S/C15H19ClN2O2S/c1-11-5-4-8-15(9-11,10-16)17-14-12-6-2-3-7-13(12)21(19,20)18-14/h2-3,6-7,11H,4-5,8-10H2,1H3,(H,17,18). The lowest BCUT2D eigenvalue weighted by Gasteiger charge is -2.35. The van der Waals surface area contributed by atoms with Crippen LogP contribution in [-0.2, 0) is 10.0 Å². The molecule has 0 spiro atoms. The average Bonchev–Trinajstić information content (AvgIpc) is 2.71. The summed E-state index contributed by atoms with van der Waals surface area (Å²) in [6.45, 7) is 2.20. The number of sulfonamides is 1. The van der Waals surface area contributed by atoms with Crippen LogP contribution < -0.4 is 4.72 Å². The first-order chi connectivity index (χ1) is 9.96. The summed E-state index contributed by atoms with van der Waals surface area (Å²) in [6.07, 6.45) is 4.09. The van der Waals surface area contributed by atoms with Crippen LogP contribution in [0.4, 0.5) is 0 Å². The van der Waals surface area contributed by atoms with Crippen molar-refractivity contribution in [2.75, 3.05) is 5.88 Å². The lowest BCUT2D eigenvalue weighted by Crippen LogP contribution is -2.37. The molecule has 1 aliphatic heterocycles. The number of benzene rings is 1. The summed E-state index contributed by atoms with van der Waals surface area (Å²) in [5.41, 5.74) is 0.300. The van der Waals surface area contributed by atoms with Crippen molar-refractivity contribution in [3.05, 3.63) is 29.8 Å². The summed E-state index contributed by atoms with van der Waals surface area (Å²) >= 11 is 6.19. The Balaban J connectivity index is 2.04. The molecule has 0 aromatic heterocycles. The Labute approximate surface area is 130 Å². The maximum atomic E-state index is 12.1. The Kier molecular flexibility index (Phi) is 3.74. The fraction of sp³-hybridized carbons (Fsp3) is 0.533. The molecule has 2 atom stereocenters. The SMILES string of the molecule is CC1CCCC(CCl)(N=C2NS(=O)(=O)c3ccccc32)C1. The van der Waals surface area contributed by atoms with Gasteiger partial charge in [0.05, 0.1) is 10.4 Å². The molecule has 1 aromatic carbocycles. The zero-order valence-corrected chi connectivity index (χ0v) is 13.5. The minimum absolute atomic E-state index is 0.303. The third-order valence-electron chi connectivity index (χ3n) is 4.33. The Morgan fingerprint density at radius 2 is 2.19 bits per heavy atom. The second kappa shape index (κ2) is 5.29. The molecule has 1 heterocycles. The minimum Gasteiger partial charge on any atom is -0.263 e. The summed E-state index contributed by atoms with van der Waals surface area (Å²) in [7, 11) is -3.48. The molecule has 4 nitrogen and oxygen atoms in total. The quantitative estimate of drug-likeness (QED) is 0.849. The number of nitrogens with zero attached hydrogens (tertiary/aromatic N) is 1. The number of aliphatic imine (C=N–C) groups is 1. The zero-order valence-electron chi connectivity index (χ0n) is 12.0. The maximum absolute atomic E-state index is 12.1. The molecule has 0 saturated heterocycles. The maximum Gasteiger partial charge on any atom is 0.263 e. The summed E-state index contributed by atoms with van der Waals surface area (Å²) < 4.78 is 26.9. The number of hydrogen-bond acceptors (Lipinski definition) is 3. The molecule has 6 heteroatoms. The largest absolute Gasteiger partial charge is 0.263 e. The van der Waals surface area contributed by atoms with E-state index in [4.69, 9.17) is 16.6 Å². The van der Waals surface area contributed by atoms with Crippen LogP contribution in [0.1, 0.15) is 38.2 Å². The first-order valence-electron chi connectivity index (χ1n) is 7.24. The van der Waals surface area contributed by atoms with Gasteiger partial charge in [0.25, 0.3) is 10.0 Å². The third kappa shape index (κ3) is 2.69. The number of alkyl halides is 1. The van der Waals surface area contributed by atoms with Crippen molar-refractivity contribution < 1.29 is 8.42 Å². The van der Waals surface area contributed by atoms with E-state index in [1.807, 2.05) is 6.07 Å². The van der Waals surface area contributed by atoms with Gasteiger partial charge in [-0.3, -0.25) is 9.71 Å². The van der Waals surface area contributed by atoms with E-state index >= 15 is 0 Å². The first kappa shape index (κ1) is 14.9. The fourth-order valence-corrected chi connectivity index (χ4v) is 4.87. The van der Waals surface area contributed by atoms with Crippen LogP contribution in [-0.4, -0.2) is 25.7 Å². The van der Waals surface area contributed by atoms with E-state index in [1.165, 1.54) is 6.42 Å². The van der Waals surface area contributed by atoms with Gasteiger partial charge in [0.1, 0.15) is 5.84 Å². The van der Waals surface area contributed by atoms with Gasteiger partial charge in [0.15, 0.2) is 0 Å². The topological polar surface area (TPSA) is 58.5 Å². The molecular weight excluding hydrogens is 308 g/mol. The van der Waals surface area contributed by atoms with E-state index < -0.39 is 10.0 Å². The molecule has 3 rings (SSSR count). The predicted octanol–water partition coefficient (Wildman–Crippen LogP) is 2.91. The van der Waals surface area contributed by atoms with Crippen LogP contribution in [0.25, 0.3) is 0 Å². The molecule has 1 fully saturated rings. The van der Waals surface area contributed by atoms with Gasteiger partial charge in [-0.2, -0.15) is 0 Å². The third-order valence-corrected chi connectivity index (χ3v) is 6.22. The summed E-state index contributed by atoms with van der Waals surface area (Å²) in [5, 5.41) is 0. The Morgan fingerprint density at radius 1 is 1.43 bits per heavy atom.